The lowest BCUT2D eigenvalue weighted by molar-refractivity contribution is 0.173. The predicted molar refractivity (Wildman–Crippen MR) is 46.4 cm³/mol. The van der Waals surface area contributed by atoms with E-state index in [1.165, 1.54) is 0 Å². The van der Waals surface area contributed by atoms with Gasteiger partial charge >= 0.3 is 6.09 Å². The van der Waals surface area contributed by atoms with E-state index >= 15 is 0 Å². The number of halogens is 1. The van der Waals surface area contributed by atoms with Crippen LogP contribution < -0.4 is 5.32 Å². The van der Waals surface area contributed by atoms with Crippen LogP contribution in [0.15, 0.2) is 0 Å². The van der Waals surface area contributed by atoms with E-state index in [9.17, 15) is 4.79 Å². The Kier molecular flexibility index (Phi) is 2.07. The first kappa shape index (κ1) is 8.10. The molecule has 0 radical (unpaired) electrons. The van der Waals surface area contributed by atoms with Gasteiger partial charge in [0.2, 0.25) is 0 Å². The van der Waals surface area contributed by atoms with Crippen LogP contribution in [0.3, 0.4) is 0 Å². The van der Waals surface area contributed by atoms with Crippen molar-refractivity contribution in [2.24, 2.45) is 0 Å². The Hall–Kier alpha value is 0. The van der Waals surface area contributed by atoms with Crippen molar-refractivity contribution >= 4 is 28.7 Å². The molecule has 1 fully saturated rings. The predicted octanol–water partition coefficient (Wildman–Crippen LogP) is 1.31. The number of carbonyl (C=O) groups is 1. The van der Waals surface area contributed by atoms with E-state index in [2.05, 4.69) is 34.8 Å². The van der Waals surface area contributed by atoms with Crippen molar-refractivity contribution in [1.29, 1.82) is 0 Å². The van der Waals surface area contributed by atoms with E-state index in [0.717, 1.165) is 0 Å². The second-order valence-corrected chi connectivity index (χ2v) is 4.60. The van der Waals surface area contributed by atoms with E-state index in [1.807, 2.05) is 6.92 Å². The molecular weight excluding hydrogens is 245 g/mol. The molecule has 1 aliphatic rings. The van der Waals surface area contributed by atoms with Gasteiger partial charge in [0, 0.05) is 3.92 Å². The maximum Gasteiger partial charge on any atom is 0.407 e. The molecule has 1 rings (SSSR count). The second-order valence-electron chi connectivity index (χ2n) is 2.73. The van der Waals surface area contributed by atoms with Gasteiger partial charge in [-0.25, -0.2) is 4.79 Å². The van der Waals surface area contributed by atoms with Crippen molar-refractivity contribution in [3.63, 3.8) is 0 Å². The Balaban J connectivity index is 2.63. The Morgan fingerprint density at radius 3 is 2.70 bits per heavy atom. The number of ether oxygens (including phenoxy) is 1. The third-order valence-electron chi connectivity index (χ3n) is 1.77. The molecule has 1 aliphatic heterocycles. The lowest BCUT2D eigenvalue weighted by Crippen LogP contribution is -2.46. The first-order valence-corrected chi connectivity index (χ1v) is 4.38. The van der Waals surface area contributed by atoms with Crippen molar-refractivity contribution in [1.82, 2.24) is 5.32 Å². The standard InChI is InChI=1S/C6H10INO2/c1-4(7)6(2)3-10-5(9)8-6/h4H,3H2,1-2H3,(H,8,9)/t4-,6-/m1/s1. The summed E-state index contributed by atoms with van der Waals surface area (Å²) < 4.78 is 5.16. The van der Waals surface area contributed by atoms with Crippen LogP contribution in [0.5, 0.6) is 0 Å². The van der Waals surface area contributed by atoms with Crippen LogP contribution >= 0.6 is 22.6 Å². The molecule has 0 saturated carbocycles. The van der Waals surface area contributed by atoms with Crippen LogP contribution in [0, 0.1) is 0 Å². The molecule has 0 aromatic rings. The Bertz CT molecular complexity index is 160. The zero-order valence-corrected chi connectivity index (χ0v) is 8.14. The van der Waals surface area contributed by atoms with Gasteiger partial charge in [0.1, 0.15) is 6.61 Å². The number of alkyl carbamates (subject to hydrolysis) is 1. The molecule has 1 heterocycles. The van der Waals surface area contributed by atoms with Gasteiger partial charge in [0.05, 0.1) is 5.54 Å². The molecule has 1 amide bonds. The van der Waals surface area contributed by atoms with Crippen molar-refractivity contribution in [2.45, 2.75) is 23.3 Å². The molecule has 0 aromatic carbocycles. The molecule has 1 saturated heterocycles. The van der Waals surface area contributed by atoms with Crippen molar-refractivity contribution in [3.05, 3.63) is 0 Å². The van der Waals surface area contributed by atoms with E-state index in [4.69, 9.17) is 4.74 Å². The minimum atomic E-state index is -0.300. The molecule has 0 unspecified atom stereocenters. The highest BCUT2D eigenvalue weighted by molar-refractivity contribution is 14.1. The third kappa shape index (κ3) is 1.36. The average molecular weight is 255 g/mol. The summed E-state index contributed by atoms with van der Waals surface area (Å²) in [7, 11) is 0. The number of alkyl halides is 1. The quantitative estimate of drug-likeness (QED) is 0.566. The van der Waals surface area contributed by atoms with Gasteiger partial charge in [0.25, 0.3) is 0 Å². The SMILES string of the molecule is C[C@@H](I)[C@@]1(C)COC(=O)N1. The highest BCUT2D eigenvalue weighted by Gasteiger charge is 2.38. The van der Waals surface area contributed by atoms with Crippen molar-refractivity contribution in [3.8, 4) is 0 Å². The molecule has 58 valence electrons. The summed E-state index contributed by atoms with van der Waals surface area (Å²) in [6.45, 7) is 4.51. The number of cyclic esters (lactones) is 1. The highest BCUT2D eigenvalue weighted by Crippen LogP contribution is 2.22. The summed E-state index contributed by atoms with van der Waals surface area (Å²) in [5.74, 6) is 0. The summed E-state index contributed by atoms with van der Waals surface area (Å²) in [4.78, 5) is 10.6. The van der Waals surface area contributed by atoms with Crippen LogP contribution in [-0.4, -0.2) is 22.2 Å². The van der Waals surface area contributed by atoms with E-state index in [0.29, 0.717) is 10.5 Å². The molecule has 1 N–H and O–H groups in total. The van der Waals surface area contributed by atoms with E-state index < -0.39 is 0 Å². The molecule has 4 heteroatoms. The maximum absolute atomic E-state index is 10.6. The largest absolute Gasteiger partial charge is 0.447 e. The number of amides is 1. The minimum Gasteiger partial charge on any atom is -0.447 e. The minimum absolute atomic E-state index is 0.169. The van der Waals surface area contributed by atoms with Crippen LogP contribution in [0.4, 0.5) is 4.79 Å². The van der Waals surface area contributed by atoms with Gasteiger partial charge in [-0.2, -0.15) is 0 Å². The monoisotopic (exact) mass is 255 g/mol. The highest BCUT2D eigenvalue weighted by atomic mass is 127. The molecule has 0 bridgehead atoms. The molecule has 0 spiro atoms. The number of hydrogen-bond acceptors (Lipinski definition) is 2. The summed E-state index contributed by atoms with van der Waals surface area (Å²) in [6.07, 6.45) is -0.300. The fraction of sp³-hybridized carbons (Fsp3) is 0.833. The average Bonchev–Trinajstić information content (AvgIpc) is 2.13. The maximum atomic E-state index is 10.6. The Morgan fingerprint density at radius 1 is 1.90 bits per heavy atom. The second kappa shape index (κ2) is 2.56. The van der Waals surface area contributed by atoms with Crippen LogP contribution in [0.25, 0.3) is 0 Å². The number of nitrogens with one attached hydrogen (secondary N) is 1. The smallest absolute Gasteiger partial charge is 0.407 e. The van der Waals surface area contributed by atoms with Crippen LogP contribution in [-0.2, 0) is 4.74 Å². The summed E-state index contributed by atoms with van der Waals surface area (Å²) >= 11 is 2.28. The lowest BCUT2D eigenvalue weighted by atomic mass is 10.0. The van der Waals surface area contributed by atoms with Crippen molar-refractivity contribution in [2.75, 3.05) is 6.61 Å². The summed E-state index contributed by atoms with van der Waals surface area (Å²) in [5.41, 5.74) is -0.169. The van der Waals surface area contributed by atoms with Gasteiger partial charge in [-0.3, -0.25) is 0 Å². The van der Waals surface area contributed by atoms with Gasteiger partial charge in [0.15, 0.2) is 0 Å². The van der Waals surface area contributed by atoms with Crippen LogP contribution in [0.1, 0.15) is 13.8 Å². The molecular formula is C6H10INO2. The topological polar surface area (TPSA) is 38.3 Å². The van der Waals surface area contributed by atoms with Gasteiger partial charge in [-0.15, -0.1) is 0 Å². The van der Waals surface area contributed by atoms with Gasteiger partial charge in [-0.05, 0) is 6.92 Å². The zero-order valence-electron chi connectivity index (χ0n) is 5.98. The first-order valence-electron chi connectivity index (χ1n) is 3.13. The first-order chi connectivity index (χ1) is 4.54. The number of rotatable bonds is 1. The molecule has 0 aliphatic carbocycles. The lowest BCUT2D eigenvalue weighted by Gasteiger charge is -2.23. The van der Waals surface area contributed by atoms with Gasteiger partial charge < -0.3 is 10.1 Å². The zero-order chi connectivity index (χ0) is 7.78. The number of hydrogen-bond donors (Lipinski definition) is 1. The van der Waals surface area contributed by atoms with E-state index in [-0.39, 0.29) is 11.6 Å². The molecule has 2 atom stereocenters. The van der Waals surface area contributed by atoms with Crippen LogP contribution in [0.2, 0.25) is 0 Å². The summed E-state index contributed by atoms with van der Waals surface area (Å²) in [6, 6.07) is 0. The van der Waals surface area contributed by atoms with Crippen molar-refractivity contribution < 1.29 is 9.53 Å². The fourth-order valence-electron chi connectivity index (χ4n) is 0.735. The summed E-state index contributed by atoms with van der Waals surface area (Å²) in [5, 5.41) is 2.76. The number of carbonyl (C=O) groups excluding carboxylic acids is 1. The third-order valence-corrected chi connectivity index (χ3v) is 3.14. The Morgan fingerprint density at radius 2 is 2.50 bits per heavy atom. The molecule has 10 heavy (non-hydrogen) atoms. The van der Waals surface area contributed by atoms with Gasteiger partial charge in [-0.1, -0.05) is 29.5 Å². The van der Waals surface area contributed by atoms with E-state index in [1.54, 1.807) is 0 Å². The molecule has 0 aromatic heterocycles. The normalized spacial score (nSPS) is 34.9. The fourth-order valence-corrected chi connectivity index (χ4v) is 1.07. The molecule has 3 nitrogen and oxygen atoms in total. The Labute approximate surface area is 73.6 Å².